The Balaban J connectivity index is 1.99. The fourth-order valence-corrected chi connectivity index (χ4v) is 4.39. The molecule has 2 aromatic rings. The Morgan fingerprint density at radius 3 is 1.92 bits per heavy atom. The van der Waals surface area contributed by atoms with Crippen molar-refractivity contribution in [2.24, 2.45) is 10.8 Å². The maximum Gasteiger partial charge on any atom is 0.344 e. The smallest absolute Gasteiger partial charge is 0.247 e. The van der Waals surface area contributed by atoms with Crippen molar-refractivity contribution >= 4 is 0 Å². The topological polar surface area (TPSA) is 141 Å². The van der Waals surface area contributed by atoms with E-state index in [4.69, 9.17) is 0 Å². The van der Waals surface area contributed by atoms with Gasteiger partial charge < -0.3 is 0 Å². The SMILES string of the molecule is CC1(C)CC(n2c(=O)[nH][nH]c2=O)CC(C)(Cn2c(=O)[nH][nH]c2=O)C1. The van der Waals surface area contributed by atoms with Crippen LogP contribution >= 0.6 is 0 Å². The number of nitrogens with zero attached hydrogens (tertiary/aromatic N) is 2. The number of rotatable bonds is 3. The molecule has 24 heavy (non-hydrogen) atoms. The maximum atomic E-state index is 11.9. The summed E-state index contributed by atoms with van der Waals surface area (Å²) in [6.07, 6.45) is 1.96. The minimum absolute atomic E-state index is 0.145. The number of nitrogens with one attached hydrogen (secondary N) is 4. The number of aromatic nitrogens is 6. The average molecular weight is 338 g/mol. The summed E-state index contributed by atoms with van der Waals surface area (Å²) in [5.74, 6) is 0. The zero-order chi connectivity index (χ0) is 17.7. The van der Waals surface area contributed by atoms with Gasteiger partial charge in [0.1, 0.15) is 0 Å². The van der Waals surface area contributed by atoms with Crippen molar-refractivity contribution in [2.75, 3.05) is 0 Å². The zero-order valence-electron chi connectivity index (χ0n) is 13.9. The minimum atomic E-state index is -0.488. The second-order valence-electron chi connectivity index (χ2n) is 7.89. The van der Waals surface area contributed by atoms with E-state index in [2.05, 4.69) is 34.2 Å². The number of hydrogen-bond acceptors (Lipinski definition) is 4. The molecule has 1 aliphatic carbocycles. The molecule has 0 radical (unpaired) electrons. The van der Waals surface area contributed by atoms with E-state index in [0.29, 0.717) is 12.8 Å². The van der Waals surface area contributed by atoms with Crippen LogP contribution in [0.3, 0.4) is 0 Å². The van der Waals surface area contributed by atoms with Gasteiger partial charge in [-0.25, -0.2) is 48.7 Å². The van der Waals surface area contributed by atoms with E-state index in [1.807, 2.05) is 6.92 Å². The van der Waals surface area contributed by atoms with E-state index in [9.17, 15) is 19.2 Å². The lowest BCUT2D eigenvalue weighted by Crippen LogP contribution is -2.45. The van der Waals surface area contributed by atoms with E-state index >= 15 is 0 Å². The van der Waals surface area contributed by atoms with Gasteiger partial charge in [-0.2, -0.15) is 0 Å². The molecule has 2 unspecified atom stereocenters. The molecule has 2 aromatic heterocycles. The Bertz CT molecular complexity index is 912. The molecule has 132 valence electrons. The van der Waals surface area contributed by atoms with Crippen molar-refractivity contribution < 1.29 is 0 Å². The summed E-state index contributed by atoms with van der Waals surface area (Å²) >= 11 is 0. The Morgan fingerprint density at radius 1 is 0.875 bits per heavy atom. The van der Waals surface area contributed by atoms with Gasteiger partial charge in [0.05, 0.1) is 0 Å². The fourth-order valence-electron chi connectivity index (χ4n) is 4.39. The Morgan fingerprint density at radius 2 is 1.38 bits per heavy atom. The predicted octanol–water partition coefficient (Wildman–Crippen LogP) is -0.499. The highest BCUT2D eigenvalue weighted by atomic mass is 16.2. The molecule has 1 fully saturated rings. The van der Waals surface area contributed by atoms with Crippen LogP contribution in [0, 0.1) is 10.8 Å². The van der Waals surface area contributed by atoms with E-state index in [-0.39, 0.29) is 18.0 Å². The lowest BCUT2D eigenvalue weighted by molar-refractivity contribution is 0.0418. The van der Waals surface area contributed by atoms with Crippen LogP contribution in [0.1, 0.15) is 46.1 Å². The molecule has 0 aromatic carbocycles. The molecule has 0 saturated heterocycles. The lowest BCUT2D eigenvalue weighted by atomic mass is 9.62. The molecule has 0 bridgehead atoms. The second kappa shape index (κ2) is 5.25. The number of H-pyrrole nitrogens is 4. The second-order valence-corrected chi connectivity index (χ2v) is 7.89. The highest BCUT2D eigenvalue weighted by Gasteiger charge is 2.43. The molecular weight excluding hydrogens is 316 g/mol. The Kier molecular flexibility index (Phi) is 3.57. The molecule has 3 rings (SSSR count). The first-order chi connectivity index (χ1) is 11.1. The maximum absolute atomic E-state index is 11.9. The van der Waals surface area contributed by atoms with E-state index in [0.717, 1.165) is 11.0 Å². The Hall–Kier alpha value is -2.52. The van der Waals surface area contributed by atoms with Crippen molar-refractivity contribution in [3.63, 3.8) is 0 Å². The van der Waals surface area contributed by atoms with Gasteiger partial charge in [0.2, 0.25) is 0 Å². The standard InChI is InChI=1S/C14H22N6O4/c1-13(2)4-8(20-11(23)17-18-12(20)24)5-14(3,6-13)7-19-9(21)15-16-10(19)22/h8H,4-7H2,1-3H3,(H,15,21)(H,16,22)(H,17,23)(H,18,24). The summed E-state index contributed by atoms with van der Waals surface area (Å²) in [6, 6.07) is -0.296. The Labute approximate surface area is 135 Å². The molecule has 4 N–H and O–H groups in total. The molecule has 2 atom stereocenters. The van der Waals surface area contributed by atoms with E-state index in [1.54, 1.807) is 0 Å². The van der Waals surface area contributed by atoms with Crippen LogP contribution in [-0.2, 0) is 6.54 Å². The minimum Gasteiger partial charge on any atom is -0.247 e. The third kappa shape index (κ3) is 2.83. The molecule has 10 heteroatoms. The number of aromatic amines is 4. The normalized spacial score (nSPS) is 26.5. The van der Waals surface area contributed by atoms with Gasteiger partial charge in [-0.15, -0.1) is 0 Å². The van der Waals surface area contributed by atoms with Gasteiger partial charge in [-0.1, -0.05) is 20.8 Å². The first-order valence-electron chi connectivity index (χ1n) is 7.87. The van der Waals surface area contributed by atoms with Gasteiger partial charge in [0, 0.05) is 12.6 Å². The number of hydrogen-bond donors (Lipinski definition) is 4. The van der Waals surface area contributed by atoms with Crippen LogP contribution in [0.15, 0.2) is 19.2 Å². The van der Waals surface area contributed by atoms with Gasteiger partial charge in [0.15, 0.2) is 0 Å². The average Bonchev–Trinajstić information content (AvgIpc) is 2.93. The predicted molar refractivity (Wildman–Crippen MR) is 86.1 cm³/mol. The summed E-state index contributed by atoms with van der Waals surface area (Å²) in [7, 11) is 0. The van der Waals surface area contributed by atoms with Gasteiger partial charge in [0.25, 0.3) is 0 Å². The molecule has 0 aliphatic heterocycles. The van der Waals surface area contributed by atoms with Crippen LogP contribution in [0.5, 0.6) is 0 Å². The van der Waals surface area contributed by atoms with Gasteiger partial charge in [-0.05, 0) is 30.1 Å². The summed E-state index contributed by atoms with van der Waals surface area (Å²) in [4.78, 5) is 47.5. The van der Waals surface area contributed by atoms with Crippen molar-refractivity contribution in [2.45, 2.75) is 52.6 Å². The fraction of sp³-hybridized carbons (Fsp3) is 0.714. The summed E-state index contributed by atoms with van der Waals surface area (Å²) in [5, 5.41) is 9.17. The summed E-state index contributed by atoms with van der Waals surface area (Å²) in [5.41, 5.74) is -2.47. The molecular formula is C14H22N6O4. The quantitative estimate of drug-likeness (QED) is 0.598. The lowest BCUT2D eigenvalue weighted by Gasteiger charge is -2.46. The summed E-state index contributed by atoms with van der Waals surface area (Å²) in [6.45, 7) is 6.33. The van der Waals surface area contributed by atoms with Crippen LogP contribution in [-0.4, -0.2) is 29.5 Å². The molecule has 1 saturated carbocycles. The third-order valence-electron chi connectivity index (χ3n) is 4.81. The third-order valence-corrected chi connectivity index (χ3v) is 4.81. The van der Waals surface area contributed by atoms with Crippen molar-refractivity contribution in [1.29, 1.82) is 0 Å². The van der Waals surface area contributed by atoms with Crippen LogP contribution in [0.25, 0.3) is 0 Å². The van der Waals surface area contributed by atoms with Crippen LogP contribution in [0.2, 0.25) is 0 Å². The first-order valence-corrected chi connectivity index (χ1v) is 7.87. The molecule has 10 nitrogen and oxygen atoms in total. The van der Waals surface area contributed by atoms with Crippen molar-refractivity contribution in [3.05, 3.63) is 41.9 Å². The highest BCUT2D eigenvalue weighted by molar-refractivity contribution is 4.95. The molecule has 2 heterocycles. The zero-order valence-corrected chi connectivity index (χ0v) is 13.9. The molecule has 1 aliphatic rings. The molecule has 0 amide bonds. The van der Waals surface area contributed by atoms with Crippen molar-refractivity contribution in [3.8, 4) is 0 Å². The highest BCUT2D eigenvalue weighted by Crippen LogP contribution is 2.50. The van der Waals surface area contributed by atoms with Gasteiger partial charge >= 0.3 is 22.8 Å². The van der Waals surface area contributed by atoms with Crippen molar-refractivity contribution in [1.82, 2.24) is 29.5 Å². The first kappa shape index (κ1) is 16.3. The van der Waals surface area contributed by atoms with E-state index in [1.165, 1.54) is 4.57 Å². The monoisotopic (exact) mass is 338 g/mol. The van der Waals surface area contributed by atoms with Crippen LogP contribution < -0.4 is 22.8 Å². The molecule has 0 spiro atoms. The van der Waals surface area contributed by atoms with E-state index < -0.39 is 28.2 Å². The largest absolute Gasteiger partial charge is 0.344 e. The summed E-state index contributed by atoms with van der Waals surface area (Å²) < 4.78 is 2.33. The van der Waals surface area contributed by atoms with Crippen LogP contribution in [0.4, 0.5) is 0 Å². The van der Waals surface area contributed by atoms with Gasteiger partial charge in [-0.3, -0.25) is 0 Å².